The minimum Gasteiger partial charge on any atom is -0.388 e. The van der Waals surface area contributed by atoms with Gasteiger partial charge in [-0.3, -0.25) is 0 Å². The van der Waals surface area contributed by atoms with Crippen molar-refractivity contribution in [1.29, 1.82) is 0 Å². The third-order valence-corrected chi connectivity index (χ3v) is 3.89. The molecule has 94 valence electrons. The first-order valence-corrected chi connectivity index (χ1v) is 6.94. The summed E-state index contributed by atoms with van der Waals surface area (Å²) in [6.45, 7) is 4.41. The van der Waals surface area contributed by atoms with E-state index in [0.717, 1.165) is 24.3 Å². The topological polar surface area (TPSA) is 20.2 Å². The predicted octanol–water partition coefficient (Wildman–Crippen LogP) is 4.42. The SMILES string of the molecule is CC(C)CCC(O)c1cccc(C2CCC2)c1. The van der Waals surface area contributed by atoms with Crippen LogP contribution in [0.3, 0.4) is 0 Å². The molecular weight excluding hydrogens is 208 g/mol. The summed E-state index contributed by atoms with van der Waals surface area (Å²) in [5.74, 6) is 1.42. The van der Waals surface area contributed by atoms with Gasteiger partial charge in [-0.15, -0.1) is 0 Å². The fourth-order valence-corrected chi connectivity index (χ4v) is 2.42. The van der Waals surface area contributed by atoms with Gasteiger partial charge in [0.05, 0.1) is 6.10 Å². The maximum atomic E-state index is 10.2. The van der Waals surface area contributed by atoms with Crippen molar-refractivity contribution in [2.75, 3.05) is 0 Å². The average molecular weight is 232 g/mol. The molecule has 0 heterocycles. The average Bonchev–Trinajstić information content (AvgIpc) is 2.24. The summed E-state index contributed by atoms with van der Waals surface area (Å²) in [5, 5.41) is 10.2. The molecule has 0 aliphatic heterocycles. The Morgan fingerprint density at radius 1 is 1.24 bits per heavy atom. The minimum atomic E-state index is -0.280. The second kappa shape index (κ2) is 5.68. The molecule has 1 fully saturated rings. The first-order chi connectivity index (χ1) is 8.16. The maximum Gasteiger partial charge on any atom is 0.0790 e. The van der Waals surface area contributed by atoms with Gasteiger partial charge >= 0.3 is 0 Å². The van der Waals surface area contributed by atoms with Crippen molar-refractivity contribution in [2.45, 2.75) is 58.0 Å². The van der Waals surface area contributed by atoms with Crippen LogP contribution in [0.15, 0.2) is 24.3 Å². The molecule has 1 atom stereocenters. The van der Waals surface area contributed by atoms with E-state index in [9.17, 15) is 5.11 Å². The van der Waals surface area contributed by atoms with Gasteiger partial charge in [0.2, 0.25) is 0 Å². The van der Waals surface area contributed by atoms with Crippen LogP contribution in [0.2, 0.25) is 0 Å². The number of benzene rings is 1. The van der Waals surface area contributed by atoms with E-state index in [1.165, 1.54) is 24.8 Å². The highest BCUT2D eigenvalue weighted by Crippen LogP contribution is 2.37. The first kappa shape index (κ1) is 12.6. The quantitative estimate of drug-likeness (QED) is 0.796. The number of rotatable bonds is 5. The molecule has 0 spiro atoms. The Balaban J connectivity index is 1.99. The van der Waals surface area contributed by atoms with Gasteiger partial charge < -0.3 is 5.11 Å². The van der Waals surface area contributed by atoms with Crippen LogP contribution in [0.4, 0.5) is 0 Å². The maximum absolute atomic E-state index is 10.2. The molecule has 0 aromatic heterocycles. The van der Waals surface area contributed by atoms with Crippen LogP contribution in [0.5, 0.6) is 0 Å². The summed E-state index contributed by atoms with van der Waals surface area (Å²) in [5.41, 5.74) is 2.53. The molecule has 0 amide bonds. The lowest BCUT2D eigenvalue weighted by atomic mass is 9.79. The van der Waals surface area contributed by atoms with Crippen LogP contribution in [0.25, 0.3) is 0 Å². The van der Waals surface area contributed by atoms with Crippen LogP contribution in [0, 0.1) is 5.92 Å². The van der Waals surface area contributed by atoms with Gasteiger partial charge in [-0.2, -0.15) is 0 Å². The Bertz CT molecular complexity index is 352. The van der Waals surface area contributed by atoms with Crippen molar-refractivity contribution in [3.63, 3.8) is 0 Å². The van der Waals surface area contributed by atoms with E-state index in [2.05, 4.69) is 38.1 Å². The van der Waals surface area contributed by atoms with E-state index in [1.54, 1.807) is 0 Å². The molecule has 1 aliphatic rings. The third-order valence-electron chi connectivity index (χ3n) is 3.89. The van der Waals surface area contributed by atoms with Crippen molar-refractivity contribution in [2.24, 2.45) is 5.92 Å². The van der Waals surface area contributed by atoms with E-state index in [4.69, 9.17) is 0 Å². The van der Waals surface area contributed by atoms with E-state index >= 15 is 0 Å². The van der Waals surface area contributed by atoms with Crippen molar-refractivity contribution < 1.29 is 5.11 Å². The third kappa shape index (κ3) is 3.32. The van der Waals surface area contributed by atoms with Crippen molar-refractivity contribution >= 4 is 0 Å². The molecular formula is C16H24O. The molecule has 1 aliphatic carbocycles. The normalized spacial score (nSPS) is 18.1. The van der Waals surface area contributed by atoms with Crippen molar-refractivity contribution in [1.82, 2.24) is 0 Å². The molecule has 1 N–H and O–H groups in total. The highest BCUT2D eigenvalue weighted by Gasteiger charge is 2.20. The molecule has 2 rings (SSSR count). The Kier molecular flexibility index (Phi) is 4.22. The lowest BCUT2D eigenvalue weighted by Gasteiger charge is -2.26. The first-order valence-electron chi connectivity index (χ1n) is 6.94. The van der Waals surface area contributed by atoms with E-state index < -0.39 is 0 Å². The van der Waals surface area contributed by atoms with Gasteiger partial charge in [-0.25, -0.2) is 0 Å². The van der Waals surface area contributed by atoms with Gasteiger partial charge in [0.25, 0.3) is 0 Å². The van der Waals surface area contributed by atoms with Gasteiger partial charge in [-0.05, 0) is 48.6 Å². The zero-order valence-corrected chi connectivity index (χ0v) is 11.0. The van der Waals surface area contributed by atoms with Crippen molar-refractivity contribution in [3.05, 3.63) is 35.4 Å². The summed E-state index contributed by atoms with van der Waals surface area (Å²) >= 11 is 0. The highest BCUT2D eigenvalue weighted by molar-refractivity contribution is 5.28. The van der Waals surface area contributed by atoms with Gasteiger partial charge in [-0.1, -0.05) is 44.5 Å². The number of aliphatic hydroxyl groups is 1. The van der Waals surface area contributed by atoms with Crippen LogP contribution in [-0.4, -0.2) is 5.11 Å². The molecule has 1 heteroatoms. The summed E-state index contributed by atoms with van der Waals surface area (Å²) in [6, 6.07) is 8.59. The Hall–Kier alpha value is -0.820. The number of hydrogen-bond donors (Lipinski definition) is 1. The summed E-state index contributed by atoms with van der Waals surface area (Å²) in [6.07, 6.45) is 5.71. The zero-order valence-electron chi connectivity index (χ0n) is 11.0. The molecule has 0 saturated heterocycles. The minimum absolute atomic E-state index is 0.280. The monoisotopic (exact) mass is 232 g/mol. The highest BCUT2D eigenvalue weighted by atomic mass is 16.3. The molecule has 0 radical (unpaired) electrons. The van der Waals surface area contributed by atoms with E-state index in [1.807, 2.05) is 0 Å². The number of hydrogen-bond acceptors (Lipinski definition) is 1. The Labute approximate surface area is 105 Å². The van der Waals surface area contributed by atoms with Crippen LogP contribution < -0.4 is 0 Å². The predicted molar refractivity (Wildman–Crippen MR) is 72.1 cm³/mol. The molecule has 17 heavy (non-hydrogen) atoms. The molecule has 1 aromatic carbocycles. The summed E-state index contributed by atoms with van der Waals surface area (Å²) in [4.78, 5) is 0. The van der Waals surface area contributed by atoms with Gasteiger partial charge in [0.1, 0.15) is 0 Å². The molecule has 1 nitrogen and oxygen atoms in total. The number of aliphatic hydroxyl groups excluding tert-OH is 1. The van der Waals surface area contributed by atoms with Crippen molar-refractivity contribution in [3.8, 4) is 0 Å². The summed E-state index contributed by atoms with van der Waals surface area (Å²) < 4.78 is 0. The molecule has 0 bridgehead atoms. The second-order valence-electron chi connectivity index (χ2n) is 5.78. The molecule has 1 unspecified atom stereocenters. The fraction of sp³-hybridized carbons (Fsp3) is 0.625. The molecule has 1 saturated carbocycles. The molecule has 1 aromatic rings. The largest absolute Gasteiger partial charge is 0.388 e. The van der Waals surface area contributed by atoms with Gasteiger partial charge in [0, 0.05) is 0 Å². The van der Waals surface area contributed by atoms with Crippen LogP contribution in [0.1, 0.15) is 69.1 Å². The van der Waals surface area contributed by atoms with Gasteiger partial charge in [0.15, 0.2) is 0 Å². The Morgan fingerprint density at radius 3 is 2.59 bits per heavy atom. The van der Waals surface area contributed by atoms with E-state index in [-0.39, 0.29) is 6.10 Å². The Morgan fingerprint density at radius 2 is 2.00 bits per heavy atom. The smallest absolute Gasteiger partial charge is 0.0790 e. The second-order valence-corrected chi connectivity index (χ2v) is 5.78. The lowest BCUT2D eigenvalue weighted by molar-refractivity contribution is 0.159. The van der Waals surface area contributed by atoms with E-state index in [0.29, 0.717) is 5.92 Å². The fourth-order valence-electron chi connectivity index (χ4n) is 2.42. The lowest BCUT2D eigenvalue weighted by Crippen LogP contribution is -2.09. The van der Waals surface area contributed by atoms with Crippen LogP contribution in [-0.2, 0) is 0 Å². The summed E-state index contributed by atoms with van der Waals surface area (Å²) in [7, 11) is 0. The zero-order chi connectivity index (χ0) is 12.3. The van der Waals surface area contributed by atoms with Crippen LogP contribution >= 0.6 is 0 Å². The standard InChI is InChI=1S/C16H24O/c1-12(2)9-10-16(17)15-8-4-7-14(11-15)13-5-3-6-13/h4,7-8,11-13,16-17H,3,5-6,9-10H2,1-2H3.